The Bertz CT molecular complexity index is 870. The van der Waals surface area contributed by atoms with Crippen LogP contribution in [0.5, 0.6) is 0 Å². The lowest BCUT2D eigenvalue weighted by Gasteiger charge is -2.31. The van der Waals surface area contributed by atoms with Crippen LogP contribution in [0.4, 0.5) is 0 Å². The Morgan fingerprint density at radius 2 is 2.00 bits per heavy atom. The summed E-state index contributed by atoms with van der Waals surface area (Å²) in [6, 6.07) is 8.61. The van der Waals surface area contributed by atoms with E-state index >= 15 is 0 Å². The van der Waals surface area contributed by atoms with Gasteiger partial charge in [0.25, 0.3) is 5.56 Å². The van der Waals surface area contributed by atoms with Crippen LogP contribution in [0.15, 0.2) is 29.1 Å². The molecule has 152 valence electrons. The highest BCUT2D eigenvalue weighted by Gasteiger charge is 2.25. The number of aromatic nitrogens is 1. The number of nitrogens with zero attached hydrogens (tertiary/aromatic N) is 2. The predicted octanol–water partition coefficient (Wildman–Crippen LogP) is 3.41. The Morgan fingerprint density at radius 1 is 1.25 bits per heavy atom. The fourth-order valence-corrected chi connectivity index (χ4v) is 4.25. The minimum Gasteiger partial charge on any atom is -0.363 e. The topological polar surface area (TPSA) is 51.4 Å². The molecule has 1 aliphatic rings. The predicted molar refractivity (Wildman–Crippen MR) is 121 cm³/mol. The maximum absolute atomic E-state index is 12.7. The summed E-state index contributed by atoms with van der Waals surface area (Å²) in [6.07, 6.45) is 5.80. The monoisotopic (exact) mass is 400 g/mol. The molecule has 1 aliphatic carbocycles. The number of pyridine rings is 1. The Morgan fingerprint density at radius 3 is 2.71 bits per heavy atom. The number of thiocarbonyl (C=S) groups is 1. The molecular weight excluding hydrogens is 368 g/mol. The summed E-state index contributed by atoms with van der Waals surface area (Å²) in [6.45, 7) is 4.48. The Labute approximate surface area is 173 Å². The number of benzene rings is 1. The summed E-state index contributed by atoms with van der Waals surface area (Å²) >= 11 is 5.74. The van der Waals surface area contributed by atoms with Gasteiger partial charge in [-0.1, -0.05) is 25.0 Å². The van der Waals surface area contributed by atoms with Crippen molar-refractivity contribution in [2.24, 2.45) is 0 Å². The van der Waals surface area contributed by atoms with Gasteiger partial charge in [0.05, 0.1) is 6.54 Å². The fourth-order valence-electron chi connectivity index (χ4n) is 3.94. The van der Waals surface area contributed by atoms with Crippen molar-refractivity contribution in [2.45, 2.75) is 51.6 Å². The van der Waals surface area contributed by atoms with E-state index in [2.05, 4.69) is 46.3 Å². The molecule has 6 heteroatoms. The second kappa shape index (κ2) is 9.52. The lowest BCUT2D eigenvalue weighted by Crippen LogP contribution is -2.45. The standard InChI is InChI=1S/C22H32N4OS/c1-16-9-10-17-14-18(21(27)24-20(17)13-16)15-26(19-7-4-5-8-19)22(28)23-11-6-12-25(2)3/h9-10,13-14,19H,4-8,11-12,15H2,1-3H3,(H,23,28)(H,24,27). The van der Waals surface area contributed by atoms with E-state index in [-0.39, 0.29) is 5.56 Å². The Kier molecular flexibility index (Phi) is 7.08. The van der Waals surface area contributed by atoms with Crippen LogP contribution in [0.3, 0.4) is 0 Å². The first-order valence-electron chi connectivity index (χ1n) is 10.3. The van der Waals surface area contributed by atoms with Crippen LogP contribution in [0.1, 0.15) is 43.2 Å². The summed E-state index contributed by atoms with van der Waals surface area (Å²) in [5, 5.41) is 5.26. The quantitative estimate of drug-likeness (QED) is 0.551. The number of hydrogen-bond donors (Lipinski definition) is 2. The van der Waals surface area contributed by atoms with Crippen LogP contribution in [-0.4, -0.2) is 53.1 Å². The fraction of sp³-hybridized carbons (Fsp3) is 0.545. The van der Waals surface area contributed by atoms with Crippen LogP contribution >= 0.6 is 12.2 Å². The summed E-state index contributed by atoms with van der Waals surface area (Å²) in [4.78, 5) is 20.2. The highest BCUT2D eigenvalue weighted by molar-refractivity contribution is 7.80. The number of aromatic amines is 1. The van der Waals surface area contributed by atoms with Crippen molar-refractivity contribution in [2.75, 3.05) is 27.2 Å². The summed E-state index contributed by atoms with van der Waals surface area (Å²) < 4.78 is 0. The zero-order valence-corrected chi connectivity index (χ0v) is 18.1. The van der Waals surface area contributed by atoms with Crippen LogP contribution in [0.25, 0.3) is 10.9 Å². The number of hydrogen-bond acceptors (Lipinski definition) is 3. The van der Waals surface area contributed by atoms with E-state index < -0.39 is 0 Å². The molecule has 0 bridgehead atoms. The highest BCUT2D eigenvalue weighted by atomic mass is 32.1. The van der Waals surface area contributed by atoms with Gasteiger partial charge in [-0.15, -0.1) is 0 Å². The molecular formula is C22H32N4OS. The smallest absolute Gasteiger partial charge is 0.253 e. The van der Waals surface area contributed by atoms with Crippen LogP contribution < -0.4 is 10.9 Å². The van der Waals surface area contributed by atoms with Crippen molar-refractivity contribution in [3.63, 3.8) is 0 Å². The molecule has 0 atom stereocenters. The summed E-state index contributed by atoms with van der Waals surface area (Å²) in [5.41, 5.74) is 2.80. The van der Waals surface area contributed by atoms with E-state index in [1.807, 2.05) is 19.1 Å². The average molecular weight is 401 g/mol. The van der Waals surface area contributed by atoms with Crippen molar-refractivity contribution >= 4 is 28.2 Å². The molecule has 0 aliphatic heterocycles. The van der Waals surface area contributed by atoms with Gasteiger partial charge in [0.15, 0.2) is 5.11 Å². The maximum atomic E-state index is 12.7. The number of aryl methyl sites for hydroxylation is 1. The van der Waals surface area contributed by atoms with Crippen LogP contribution in [0.2, 0.25) is 0 Å². The molecule has 1 aromatic heterocycles. The van der Waals surface area contributed by atoms with Crippen LogP contribution in [0, 0.1) is 6.92 Å². The first-order chi connectivity index (χ1) is 13.4. The van der Waals surface area contributed by atoms with Crippen molar-refractivity contribution in [1.82, 2.24) is 20.1 Å². The van der Waals surface area contributed by atoms with E-state index in [1.165, 1.54) is 12.8 Å². The molecule has 5 nitrogen and oxygen atoms in total. The van der Waals surface area contributed by atoms with E-state index in [1.54, 1.807) is 0 Å². The third-order valence-electron chi connectivity index (χ3n) is 5.50. The summed E-state index contributed by atoms with van der Waals surface area (Å²) in [7, 11) is 4.16. The number of rotatable bonds is 7. The minimum absolute atomic E-state index is 0.0171. The second-order valence-corrected chi connectivity index (χ2v) is 8.56. The minimum atomic E-state index is -0.0171. The molecule has 2 aromatic rings. The molecule has 1 aromatic carbocycles. The molecule has 1 saturated carbocycles. The van der Waals surface area contributed by atoms with Crippen molar-refractivity contribution in [3.8, 4) is 0 Å². The van der Waals surface area contributed by atoms with Crippen LogP contribution in [-0.2, 0) is 6.54 Å². The van der Waals surface area contributed by atoms with E-state index in [0.29, 0.717) is 12.6 Å². The van der Waals surface area contributed by atoms with Gasteiger partial charge in [0, 0.05) is 23.7 Å². The number of fused-ring (bicyclic) bond motifs is 1. The Hall–Kier alpha value is -1.92. The van der Waals surface area contributed by atoms with E-state index in [0.717, 1.165) is 59.5 Å². The van der Waals surface area contributed by atoms with Gasteiger partial charge in [0.2, 0.25) is 0 Å². The second-order valence-electron chi connectivity index (χ2n) is 8.17. The first-order valence-corrected chi connectivity index (χ1v) is 10.7. The van der Waals surface area contributed by atoms with Gasteiger partial charge >= 0.3 is 0 Å². The zero-order chi connectivity index (χ0) is 20.1. The average Bonchev–Trinajstić information content (AvgIpc) is 3.17. The third-order valence-corrected chi connectivity index (χ3v) is 5.88. The molecule has 3 rings (SSSR count). The van der Waals surface area contributed by atoms with Crippen molar-refractivity contribution in [3.05, 3.63) is 45.7 Å². The molecule has 2 N–H and O–H groups in total. The maximum Gasteiger partial charge on any atom is 0.253 e. The number of nitrogens with one attached hydrogen (secondary N) is 2. The van der Waals surface area contributed by atoms with Crippen molar-refractivity contribution in [1.29, 1.82) is 0 Å². The van der Waals surface area contributed by atoms with Crippen molar-refractivity contribution < 1.29 is 0 Å². The lowest BCUT2D eigenvalue weighted by molar-refractivity contribution is 0.301. The normalized spacial score (nSPS) is 14.7. The highest BCUT2D eigenvalue weighted by Crippen LogP contribution is 2.25. The molecule has 0 saturated heterocycles. The zero-order valence-electron chi connectivity index (χ0n) is 17.3. The third kappa shape index (κ3) is 5.32. The largest absolute Gasteiger partial charge is 0.363 e. The molecule has 0 spiro atoms. The van der Waals surface area contributed by atoms with Gasteiger partial charge in [0.1, 0.15) is 0 Å². The molecule has 0 unspecified atom stereocenters. The SMILES string of the molecule is Cc1ccc2cc(CN(C(=S)NCCCN(C)C)C3CCCC3)c(=O)[nH]c2c1. The molecule has 28 heavy (non-hydrogen) atoms. The number of H-pyrrole nitrogens is 1. The van der Waals surface area contributed by atoms with Gasteiger partial charge in [-0.25, -0.2) is 0 Å². The van der Waals surface area contributed by atoms with E-state index in [9.17, 15) is 4.79 Å². The van der Waals surface area contributed by atoms with E-state index in [4.69, 9.17) is 12.2 Å². The Balaban J connectivity index is 1.76. The molecule has 1 fully saturated rings. The molecule has 0 radical (unpaired) electrons. The van der Waals surface area contributed by atoms with Gasteiger partial charge < -0.3 is 20.1 Å². The lowest BCUT2D eigenvalue weighted by atomic mass is 10.1. The van der Waals surface area contributed by atoms with Gasteiger partial charge in [-0.3, -0.25) is 4.79 Å². The first kappa shape index (κ1) is 20.8. The van der Waals surface area contributed by atoms with Gasteiger partial charge in [-0.05, 0) is 82.1 Å². The summed E-state index contributed by atoms with van der Waals surface area (Å²) in [5.74, 6) is 0. The van der Waals surface area contributed by atoms with Gasteiger partial charge in [-0.2, -0.15) is 0 Å². The molecule has 0 amide bonds. The molecule has 1 heterocycles.